The van der Waals surface area contributed by atoms with Gasteiger partial charge in [-0.15, -0.1) is 0 Å². The monoisotopic (exact) mass is 641 g/mol. The van der Waals surface area contributed by atoms with Gasteiger partial charge in [0.2, 0.25) is 16.0 Å². The third kappa shape index (κ3) is 6.47. The van der Waals surface area contributed by atoms with Crippen molar-refractivity contribution < 1.29 is 17.9 Å². The summed E-state index contributed by atoms with van der Waals surface area (Å²) >= 11 is 6.52. The number of fused-ring (bicyclic) bond motifs is 8. The first-order valence-electron chi connectivity index (χ1n) is 15.0. The molecule has 2 aromatic carbocycles. The zero-order chi connectivity index (χ0) is 31.0. The fraction of sp³-hybridized carbons (Fsp3) is 0.484. The summed E-state index contributed by atoms with van der Waals surface area (Å²) in [6.07, 6.45) is 6.44. The largest absolute Gasteiger partial charge is 0.494 e. The number of aromatic nitrogens is 2. The predicted molar refractivity (Wildman–Crippen MR) is 176 cm³/mol. The number of ether oxygens (including phenoxy) is 2. The van der Waals surface area contributed by atoms with Crippen LogP contribution in [0.3, 0.4) is 0 Å². The Morgan fingerprint density at radius 3 is 2.55 bits per heavy atom. The summed E-state index contributed by atoms with van der Waals surface area (Å²) in [5.74, 6) is 3.32. The van der Waals surface area contributed by atoms with E-state index in [1.165, 1.54) is 28.8 Å². The van der Waals surface area contributed by atoms with Gasteiger partial charge in [-0.3, -0.25) is 4.31 Å². The molecular weight excluding hydrogens is 602 g/mol. The predicted octanol–water partition coefficient (Wildman–Crippen LogP) is 5.12. The molecule has 5 heterocycles. The van der Waals surface area contributed by atoms with Crippen molar-refractivity contribution in [3.05, 3.63) is 47.1 Å². The summed E-state index contributed by atoms with van der Waals surface area (Å²) in [7, 11) is 1.84. The molecule has 44 heavy (non-hydrogen) atoms. The summed E-state index contributed by atoms with van der Waals surface area (Å²) in [5, 5.41) is 6.85. The maximum absolute atomic E-state index is 12.5. The van der Waals surface area contributed by atoms with E-state index < -0.39 is 10.0 Å². The van der Waals surface area contributed by atoms with Gasteiger partial charge in [0, 0.05) is 51.0 Å². The van der Waals surface area contributed by atoms with Gasteiger partial charge >= 0.3 is 0 Å². The number of hydrogen-bond donors (Lipinski definition) is 2. The highest BCUT2D eigenvalue weighted by molar-refractivity contribution is 7.92. The normalized spacial score (nSPS) is 20.6. The molecule has 2 atom stereocenters. The van der Waals surface area contributed by atoms with Crippen LogP contribution in [0.2, 0.25) is 5.02 Å². The Labute approximate surface area is 264 Å². The molecule has 7 rings (SSSR count). The molecule has 0 unspecified atom stereocenters. The molecule has 0 spiro atoms. The van der Waals surface area contributed by atoms with E-state index in [2.05, 4.69) is 49.6 Å². The van der Waals surface area contributed by atoms with Crippen molar-refractivity contribution in [2.45, 2.75) is 25.7 Å². The average Bonchev–Trinajstić information content (AvgIpc) is 3.53. The first-order chi connectivity index (χ1) is 21.1. The van der Waals surface area contributed by atoms with Crippen LogP contribution in [0.5, 0.6) is 11.5 Å². The van der Waals surface area contributed by atoms with Gasteiger partial charge in [-0.25, -0.2) is 13.4 Å². The summed E-state index contributed by atoms with van der Waals surface area (Å²) < 4.78 is 38.1. The van der Waals surface area contributed by atoms with Crippen LogP contribution < -0.4 is 29.3 Å². The molecule has 3 aromatic rings. The van der Waals surface area contributed by atoms with Crippen LogP contribution in [0.25, 0.3) is 0 Å². The van der Waals surface area contributed by atoms with E-state index in [0.717, 1.165) is 63.8 Å². The number of nitrogens with one attached hydrogen (secondary N) is 2. The lowest BCUT2D eigenvalue weighted by atomic mass is 10.0. The number of aryl methyl sites for hydroxylation is 1. The molecule has 0 amide bonds. The number of rotatable bonds is 4. The second-order valence-corrected chi connectivity index (χ2v) is 14.5. The quantitative estimate of drug-likeness (QED) is 0.398. The van der Waals surface area contributed by atoms with E-state index in [-0.39, 0.29) is 5.02 Å². The third-order valence-corrected chi connectivity index (χ3v) is 10.3. The molecule has 1 aromatic heterocycles. The average molecular weight is 642 g/mol. The molecule has 4 aliphatic rings. The smallest absolute Gasteiger partial charge is 0.232 e. The second-order valence-electron chi connectivity index (χ2n) is 12.0. The van der Waals surface area contributed by atoms with Crippen molar-refractivity contribution in [2.75, 3.05) is 80.1 Å². The van der Waals surface area contributed by atoms with Crippen molar-refractivity contribution in [3.63, 3.8) is 0 Å². The lowest BCUT2D eigenvalue weighted by molar-refractivity contribution is 0.305. The highest BCUT2D eigenvalue weighted by atomic mass is 35.5. The van der Waals surface area contributed by atoms with Crippen LogP contribution in [-0.4, -0.2) is 83.5 Å². The maximum Gasteiger partial charge on any atom is 0.232 e. The number of anilines is 6. The van der Waals surface area contributed by atoms with Crippen LogP contribution in [0.1, 0.15) is 24.8 Å². The molecule has 0 saturated carbocycles. The fourth-order valence-electron chi connectivity index (χ4n) is 6.49. The molecule has 2 saturated heterocycles. The van der Waals surface area contributed by atoms with Gasteiger partial charge in [-0.2, -0.15) is 4.98 Å². The molecule has 6 bridgehead atoms. The van der Waals surface area contributed by atoms with E-state index >= 15 is 0 Å². The Morgan fingerprint density at radius 2 is 1.82 bits per heavy atom. The summed E-state index contributed by atoms with van der Waals surface area (Å²) in [6, 6.07) is 9.60. The van der Waals surface area contributed by atoms with Gasteiger partial charge in [-0.1, -0.05) is 11.6 Å². The number of nitrogens with zero attached hydrogens (tertiary/aromatic N) is 5. The molecular formula is C31H40ClN7O4S. The Morgan fingerprint density at radius 1 is 1.05 bits per heavy atom. The highest BCUT2D eigenvalue weighted by Gasteiger charge is 2.39. The van der Waals surface area contributed by atoms with Gasteiger partial charge in [0.15, 0.2) is 5.82 Å². The Balaban J connectivity index is 1.36. The first-order valence-corrected chi connectivity index (χ1v) is 17.2. The minimum atomic E-state index is -3.55. The molecule has 11 nitrogen and oxygen atoms in total. The van der Waals surface area contributed by atoms with E-state index in [0.29, 0.717) is 53.1 Å². The Kier molecular flexibility index (Phi) is 8.67. The van der Waals surface area contributed by atoms with Crippen molar-refractivity contribution in [2.24, 2.45) is 11.8 Å². The zero-order valence-corrected chi connectivity index (χ0v) is 27.2. The Bertz CT molecular complexity index is 1630. The van der Waals surface area contributed by atoms with Crippen molar-refractivity contribution >= 4 is 56.1 Å². The van der Waals surface area contributed by atoms with Crippen LogP contribution in [0, 0.1) is 11.8 Å². The van der Waals surface area contributed by atoms with E-state index in [1.807, 2.05) is 6.07 Å². The summed E-state index contributed by atoms with van der Waals surface area (Å²) in [6.45, 7) is 4.92. The van der Waals surface area contributed by atoms with Crippen molar-refractivity contribution in [3.8, 4) is 11.5 Å². The molecule has 0 aliphatic carbocycles. The molecule has 2 fully saturated rings. The zero-order valence-electron chi connectivity index (χ0n) is 25.6. The number of benzene rings is 2. The van der Waals surface area contributed by atoms with Gasteiger partial charge in [0.1, 0.15) is 16.5 Å². The fourth-order valence-corrected chi connectivity index (χ4v) is 7.14. The SMILES string of the molecule is COc1cc(N2C[C@H]3CN(C)C[C@H]3C2)c2cc1Nc1ncc(Cl)c(n1)Nc1ccc(cc1N(C)S(C)(=O)=O)OCCCCC2. The number of sulfonamides is 1. The van der Waals surface area contributed by atoms with Crippen LogP contribution in [0.4, 0.5) is 34.5 Å². The molecule has 236 valence electrons. The van der Waals surface area contributed by atoms with E-state index in [1.54, 1.807) is 19.2 Å². The van der Waals surface area contributed by atoms with Gasteiger partial charge in [0.05, 0.1) is 43.2 Å². The molecule has 13 heteroatoms. The highest BCUT2D eigenvalue weighted by Crippen LogP contribution is 2.41. The number of likely N-dealkylation sites (tertiary alicyclic amines) is 1. The Hall–Kier alpha value is -3.48. The molecule has 0 radical (unpaired) electrons. The minimum absolute atomic E-state index is 0.284. The van der Waals surface area contributed by atoms with Gasteiger partial charge in [-0.05, 0) is 68.3 Å². The number of halogens is 1. The van der Waals surface area contributed by atoms with Crippen LogP contribution >= 0.6 is 11.6 Å². The topological polar surface area (TPSA) is 112 Å². The van der Waals surface area contributed by atoms with Crippen LogP contribution in [-0.2, 0) is 16.4 Å². The lowest BCUT2D eigenvalue weighted by Crippen LogP contribution is -2.27. The second kappa shape index (κ2) is 12.5. The molecule has 2 N–H and O–H groups in total. The van der Waals surface area contributed by atoms with E-state index in [4.69, 9.17) is 21.1 Å². The number of methoxy groups -OCH3 is 1. The van der Waals surface area contributed by atoms with Crippen molar-refractivity contribution in [1.82, 2.24) is 14.9 Å². The van der Waals surface area contributed by atoms with Crippen molar-refractivity contribution in [1.29, 1.82) is 0 Å². The standard InChI is InChI=1S/C31H40ClN7O4S/c1-37-16-21-18-39(19-22(21)17-37)27-14-29(42-3)26-12-20(27)8-6-5-7-11-43-23-9-10-25(28(13-23)38(2)44(4,40)41)34-30-24(32)15-33-31(35-26)36-30/h9-10,12-15,21-22H,5-8,11,16-19H2,1-4H3,(H2,33,34,35,36)/t21-,22+. The summed E-state index contributed by atoms with van der Waals surface area (Å²) in [4.78, 5) is 14.1. The van der Waals surface area contributed by atoms with Gasteiger partial charge < -0.3 is 29.9 Å². The lowest BCUT2D eigenvalue weighted by Gasteiger charge is -2.26. The number of hydrogen-bond acceptors (Lipinski definition) is 10. The van der Waals surface area contributed by atoms with Crippen LogP contribution in [0.15, 0.2) is 36.5 Å². The third-order valence-electron chi connectivity index (χ3n) is 8.82. The molecule has 4 aliphatic heterocycles. The maximum atomic E-state index is 12.5. The van der Waals surface area contributed by atoms with Gasteiger partial charge in [0.25, 0.3) is 0 Å². The first kappa shape index (κ1) is 30.5. The van der Waals surface area contributed by atoms with E-state index in [9.17, 15) is 8.42 Å². The minimum Gasteiger partial charge on any atom is -0.494 e. The summed E-state index contributed by atoms with van der Waals surface area (Å²) in [5.41, 5.74) is 4.18.